The predicted octanol–water partition coefficient (Wildman–Crippen LogP) is 2.35. The fourth-order valence-electron chi connectivity index (χ4n) is 1.32. The van der Waals surface area contributed by atoms with Crippen LogP contribution in [0.4, 0.5) is 0 Å². The van der Waals surface area contributed by atoms with E-state index in [4.69, 9.17) is 5.11 Å². The monoisotopic (exact) mass is 254 g/mol. The van der Waals surface area contributed by atoms with E-state index in [0.29, 0.717) is 17.7 Å². The van der Waals surface area contributed by atoms with Gasteiger partial charge in [-0.15, -0.1) is 11.8 Å². The topological polar surface area (TPSA) is 63.6 Å². The summed E-state index contributed by atoms with van der Waals surface area (Å²) in [6.45, 7) is 1.76. The highest BCUT2D eigenvalue weighted by Crippen LogP contribution is 2.22. The van der Waals surface area contributed by atoms with E-state index < -0.39 is 5.97 Å². The van der Waals surface area contributed by atoms with Crippen molar-refractivity contribution in [2.45, 2.75) is 18.2 Å². The van der Waals surface area contributed by atoms with Crippen molar-refractivity contribution in [1.29, 1.82) is 0 Å². The maximum absolute atomic E-state index is 10.9. The van der Waals surface area contributed by atoms with E-state index in [1.807, 2.05) is 6.07 Å². The first-order valence-corrected chi connectivity index (χ1v) is 6.06. The number of hydrogen-bond acceptors (Lipinski definition) is 4. The van der Waals surface area contributed by atoms with Gasteiger partial charge in [-0.25, -0.2) is 4.79 Å². The SMILES string of the molecule is COC(=O)CCSc1ccc(C(=O)O)c(C)c1. The number of rotatable bonds is 5. The van der Waals surface area contributed by atoms with Crippen LogP contribution in [-0.2, 0) is 9.53 Å². The summed E-state index contributed by atoms with van der Waals surface area (Å²) >= 11 is 1.50. The highest BCUT2D eigenvalue weighted by Gasteiger charge is 2.07. The van der Waals surface area contributed by atoms with Crippen molar-refractivity contribution in [1.82, 2.24) is 0 Å². The molecular weight excluding hydrogens is 240 g/mol. The molecule has 0 spiro atoms. The van der Waals surface area contributed by atoms with E-state index in [1.165, 1.54) is 18.9 Å². The molecule has 0 heterocycles. The quantitative estimate of drug-likeness (QED) is 0.645. The second-order valence-electron chi connectivity index (χ2n) is 3.46. The Morgan fingerprint density at radius 1 is 1.41 bits per heavy atom. The second kappa shape index (κ2) is 6.30. The molecule has 1 aromatic rings. The summed E-state index contributed by atoms with van der Waals surface area (Å²) in [5.41, 5.74) is 1.03. The largest absolute Gasteiger partial charge is 0.478 e. The van der Waals surface area contributed by atoms with Gasteiger partial charge in [0.15, 0.2) is 0 Å². The van der Waals surface area contributed by atoms with Crippen molar-refractivity contribution in [2.75, 3.05) is 12.9 Å². The molecule has 5 heteroatoms. The van der Waals surface area contributed by atoms with E-state index in [1.54, 1.807) is 19.1 Å². The van der Waals surface area contributed by atoms with Gasteiger partial charge in [-0.2, -0.15) is 0 Å². The van der Waals surface area contributed by atoms with Gasteiger partial charge >= 0.3 is 11.9 Å². The maximum Gasteiger partial charge on any atom is 0.335 e. The molecule has 92 valence electrons. The average Bonchev–Trinajstić information content (AvgIpc) is 2.28. The third-order valence-electron chi connectivity index (χ3n) is 2.23. The van der Waals surface area contributed by atoms with E-state index in [2.05, 4.69) is 4.74 Å². The summed E-state index contributed by atoms with van der Waals surface area (Å²) in [5.74, 6) is -0.539. The molecule has 0 saturated carbocycles. The molecule has 0 atom stereocenters. The minimum Gasteiger partial charge on any atom is -0.478 e. The summed E-state index contributed by atoms with van der Waals surface area (Å²) in [4.78, 5) is 22.7. The molecule has 0 bridgehead atoms. The first-order valence-electron chi connectivity index (χ1n) is 5.08. The van der Waals surface area contributed by atoms with Gasteiger partial charge in [-0.1, -0.05) is 0 Å². The lowest BCUT2D eigenvalue weighted by molar-refractivity contribution is -0.140. The Bertz CT molecular complexity index is 429. The number of aromatic carboxylic acids is 1. The highest BCUT2D eigenvalue weighted by atomic mass is 32.2. The van der Waals surface area contributed by atoms with Gasteiger partial charge in [-0.3, -0.25) is 4.79 Å². The van der Waals surface area contributed by atoms with Gasteiger partial charge < -0.3 is 9.84 Å². The molecule has 1 rings (SSSR count). The van der Waals surface area contributed by atoms with Gasteiger partial charge in [0.05, 0.1) is 19.1 Å². The lowest BCUT2D eigenvalue weighted by Crippen LogP contribution is -2.01. The molecule has 0 unspecified atom stereocenters. The van der Waals surface area contributed by atoms with Crippen LogP contribution < -0.4 is 0 Å². The molecule has 0 radical (unpaired) electrons. The van der Waals surface area contributed by atoms with Crippen LogP contribution in [0, 0.1) is 6.92 Å². The first-order chi connectivity index (χ1) is 8.04. The number of carbonyl (C=O) groups excluding carboxylic acids is 1. The van der Waals surface area contributed by atoms with Crippen LogP contribution in [0.3, 0.4) is 0 Å². The van der Waals surface area contributed by atoms with Gasteiger partial charge in [0.1, 0.15) is 0 Å². The molecule has 0 aliphatic carbocycles. The van der Waals surface area contributed by atoms with Crippen molar-refractivity contribution in [3.05, 3.63) is 29.3 Å². The van der Waals surface area contributed by atoms with Gasteiger partial charge in [-0.05, 0) is 30.7 Å². The Morgan fingerprint density at radius 2 is 2.12 bits per heavy atom. The van der Waals surface area contributed by atoms with Crippen LogP contribution in [0.2, 0.25) is 0 Å². The highest BCUT2D eigenvalue weighted by molar-refractivity contribution is 7.99. The molecule has 0 saturated heterocycles. The van der Waals surface area contributed by atoms with Gasteiger partial charge in [0.2, 0.25) is 0 Å². The van der Waals surface area contributed by atoms with E-state index in [-0.39, 0.29) is 5.97 Å². The van der Waals surface area contributed by atoms with Crippen molar-refractivity contribution in [2.24, 2.45) is 0 Å². The summed E-state index contributed by atoms with van der Waals surface area (Å²) in [6, 6.07) is 5.14. The van der Waals surface area contributed by atoms with Crippen LogP contribution in [0.1, 0.15) is 22.3 Å². The van der Waals surface area contributed by atoms with E-state index in [9.17, 15) is 9.59 Å². The third kappa shape index (κ3) is 4.11. The summed E-state index contributed by atoms with van der Waals surface area (Å²) in [7, 11) is 1.36. The molecule has 0 aromatic heterocycles. The summed E-state index contributed by atoms with van der Waals surface area (Å²) in [6.07, 6.45) is 0.348. The fraction of sp³-hybridized carbons (Fsp3) is 0.333. The summed E-state index contributed by atoms with van der Waals surface area (Å²) < 4.78 is 4.53. The Kier molecular flexibility index (Phi) is 5.03. The normalized spacial score (nSPS) is 10.0. The number of benzene rings is 1. The number of methoxy groups -OCH3 is 1. The molecular formula is C12H14O4S. The van der Waals surface area contributed by atoms with Crippen LogP contribution in [0.25, 0.3) is 0 Å². The van der Waals surface area contributed by atoms with Crippen molar-refractivity contribution < 1.29 is 19.4 Å². The fourth-order valence-corrected chi connectivity index (χ4v) is 2.25. The number of aryl methyl sites for hydroxylation is 1. The molecule has 0 aliphatic rings. The van der Waals surface area contributed by atoms with Crippen LogP contribution in [0.5, 0.6) is 0 Å². The Balaban J connectivity index is 2.59. The zero-order chi connectivity index (χ0) is 12.8. The zero-order valence-electron chi connectivity index (χ0n) is 9.73. The van der Waals surface area contributed by atoms with Crippen LogP contribution in [-0.4, -0.2) is 29.9 Å². The number of carbonyl (C=O) groups is 2. The smallest absolute Gasteiger partial charge is 0.335 e. The number of esters is 1. The minimum absolute atomic E-state index is 0.239. The lowest BCUT2D eigenvalue weighted by Gasteiger charge is -2.05. The molecule has 0 amide bonds. The lowest BCUT2D eigenvalue weighted by atomic mass is 10.1. The van der Waals surface area contributed by atoms with Crippen molar-refractivity contribution >= 4 is 23.7 Å². The number of hydrogen-bond donors (Lipinski definition) is 1. The number of ether oxygens (including phenoxy) is 1. The molecule has 4 nitrogen and oxygen atoms in total. The Labute approximate surface area is 104 Å². The number of carboxylic acid groups (broad SMARTS) is 1. The van der Waals surface area contributed by atoms with Crippen molar-refractivity contribution in [3.63, 3.8) is 0 Å². The molecule has 1 aromatic carbocycles. The first kappa shape index (κ1) is 13.6. The average molecular weight is 254 g/mol. The second-order valence-corrected chi connectivity index (χ2v) is 4.62. The standard InChI is InChI=1S/C12H14O4S/c1-8-7-9(3-4-10(8)12(14)15)17-6-5-11(13)16-2/h3-4,7H,5-6H2,1-2H3,(H,14,15). The maximum atomic E-state index is 10.9. The molecule has 0 fully saturated rings. The van der Waals surface area contributed by atoms with Crippen LogP contribution >= 0.6 is 11.8 Å². The van der Waals surface area contributed by atoms with E-state index >= 15 is 0 Å². The number of thioether (sulfide) groups is 1. The minimum atomic E-state index is -0.923. The molecule has 0 aliphatic heterocycles. The van der Waals surface area contributed by atoms with E-state index in [0.717, 1.165) is 10.5 Å². The molecule has 17 heavy (non-hydrogen) atoms. The predicted molar refractivity (Wildman–Crippen MR) is 65.5 cm³/mol. The van der Waals surface area contributed by atoms with Crippen molar-refractivity contribution in [3.8, 4) is 0 Å². The van der Waals surface area contributed by atoms with Gasteiger partial charge in [0.25, 0.3) is 0 Å². The Hall–Kier alpha value is -1.49. The number of carboxylic acids is 1. The molecule has 1 N–H and O–H groups in total. The Morgan fingerprint density at radius 3 is 2.65 bits per heavy atom. The summed E-state index contributed by atoms with van der Waals surface area (Å²) in [5, 5.41) is 8.87. The zero-order valence-corrected chi connectivity index (χ0v) is 10.5. The third-order valence-corrected chi connectivity index (χ3v) is 3.23. The van der Waals surface area contributed by atoms with Gasteiger partial charge in [0, 0.05) is 10.6 Å². The van der Waals surface area contributed by atoms with Crippen LogP contribution in [0.15, 0.2) is 23.1 Å².